The lowest BCUT2D eigenvalue weighted by Gasteiger charge is -2.11. The van der Waals surface area contributed by atoms with Crippen LogP contribution in [0.2, 0.25) is 10.0 Å². The van der Waals surface area contributed by atoms with Crippen LogP contribution in [0.15, 0.2) is 71.7 Å². The van der Waals surface area contributed by atoms with Gasteiger partial charge in [-0.25, -0.2) is 0 Å². The van der Waals surface area contributed by atoms with Gasteiger partial charge in [-0.15, -0.1) is 0 Å². The summed E-state index contributed by atoms with van der Waals surface area (Å²) in [4.78, 5) is 6.61. The predicted molar refractivity (Wildman–Crippen MR) is 115 cm³/mol. The number of aliphatic imine (C=N–C) groups is 1. The van der Waals surface area contributed by atoms with E-state index in [2.05, 4.69) is 9.89 Å². The van der Waals surface area contributed by atoms with E-state index in [1.807, 2.05) is 81.0 Å². The Morgan fingerprint density at radius 3 is 2.26 bits per heavy atom. The largest absolute Gasteiger partial charge is 0.488 e. The highest BCUT2D eigenvalue weighted by molar-refractivity contribution is 6.34. The molecule has 0 aliphatic heterocycles. The Morgan fingerprint density at radius 2 is 1.59 bits per heavy atom. The third-order valence-electron chi connectivity index (χ3n) is 3.95. The molecular formula is C22H20Cl2N2O. The van der Waals surface area contributed by atoms with Crippen molar-refractivity contribution in [2.24, 2.45) is 4.99 Å². The second-order valence-corrected chi connectivity index (χ2v) is 7.15. The summed E-state index contributed by atoms with van der Waals surface area (Å²) in [5, 5.41) is 1.19. The zero-order valence-electron chi connectivity index (χ0n) is 15.2. The lowest BCUT2D eigenvalue weighted by Crippen LogP contribution is -2.07. The van der Waals surface area contributed by atoms with Crippen LogP contribution in [0.4, 0.5) is 11.4 Å². The second kappa shape index (κ2) is 8.94. The maximum atomic E-state index is 6.05. The van der Waals surface area contributed by atoms with Gasteiger partial charge in [0.05, 0.1) is 5.69 Å². The first-order valence-corrected chi connectivity index (χ1v) is 9.25. The molecule has 0 saturated heterocycles. The first-order valence-electron chi connectivity index (χ1n) is 8.49. The van der Waals surface area contributed by atoms with Crippen molar-refractivity contribution >= 4 is 40.8 Å². The van der Waals surface area contributed by atoms with Gasteiger partial charge >= 0.3 is 0 Å². The van der Waals surface area contributed by atoms with Gasteiger partial charge in [-0.1, -0.05) is 35.3 Å². The Labute approximate surface area is 169 Å². The van der Waals surface area contributed by atoms with Crippen LogP contribution < -0.4 is 9.64 Å². The molecular weight excluding hydrogens is 379 g/mol. The molecule has 0 amide bonds. The summed E-state index contributed by atoms with van der Waals surface area (Å²) < 4.78 is 5.96. The van der Waals surface area contributed by atoms with E-state index in [1.165, 1.54) is 0 Å². The lowest BCUT2D eigenvalue weighted by atomic mass is 10.2. The summed E-state index contributed by atoms with van der Waals surface area (Å²) in [5.41, 5.74) is 3.84. The average molecular weight is 399 g/mol. The summed E-state index contributed by atoms with van der Waals surface area (Å²) in [6.07, 6.45) is 1.81. The zero-order valence-corrected chi connectivity index (χ0v) is 16.7. The van der Waals surface area contributed by atoms with Gasteiger partial charge in [0.2, 0.25) is 0 Å². The van der Waals surface area contributed by atoms with Crippen LogP contribution in [0.25, 0.3) is 0 Å². The standard InChI is InChI=1S/C22H20Cl2N2O/c1-26(2)21-9-7-20(8-10-21)25-14-17-5-3-4-6-22(17)27-15-16-11-18(23)13-19(24)12-16/h3-14H,15H2,1-2H3/b25-14-. The predicted octanol–water partition coefficient (Wildman–Crippen LogP) is 6.39. The molecule has 0 heterocycles. The SMILES string of the molecule is CN(C)c1ccc(/N=C\c2ccccc2OCc2cc(Cl)cc(Cl)c2)cc1. The van der Waals surface area contributed by atoms with Crippen LogP contribution in [0, 0.1) is 0 Å². The first-order chi connectivity index (χ1) is 13.0. The van der Waals surface area contributed by atoms with E-state index >= 15 is 0 Å². The van der Waals surface area contributed by atoms with Gasteiger partial charge in [-0.05, 0) is 60.2 Å². The van der Waals surface area contributed by atoms with E-state index in [1.54, 1.807) is 6.07 Å². The normalized spacial score (nSPS) is 11.0. The van der Waals surface area contributed by atoms with Crippen molar-refractivity contribution in [3.05, 3.63) is 87.9 Å². The molecule has 3 aromatic rings. The molecule has 0 N–H and O–H groups in total. The molecule has 27 heavy (non-hydrogen) atoms. The van der Waals surface area contributed by atoms with Gasteiger partial charge < -0.3 is 9.64 Å². The summed E-state index contributed by atoms with van der Waals surface area (Å²) >= 11 is 12.1. The number of nitrogens with zero attached hydrogens (tertiary/aromatic N) is 2. The molecule has 3 nitrogen and oxygen atoms in total. The van der Waals surface area contributed by atoms with E-state index in [4.69, 9.17) is 27.9 Å². The second-order valence-electron chi connectivity index (χ2n) is 6.27. The number of benzene rings is 3. The van der Waals surface area contributed by atoms with Crippen molar-refractivity contribution in [1.82, 2.24) is 0 Å². The van der Waals surface area contributed by atoms with Gasteiger partial charge in [-0.2, -0.15) is 0 Å². The van der Waals surface area contributed by atoms with E-state index < -0.39 is 0 Å². The quantitative estimate of drug-likeness (QED) is 0.449. The number of rotatable bonds is 6. The van der Waals surface area contributed by atoms with Crippen LogP contribution in [0.5, 0.6) is 5.75 Å². The Hall–Kier alpha value is -2.49. The summed E-state index contributed by atoms with van der Waals surface area (Å²) in [6.45, 7) is 0.378. The molecule has 0 unspecified atom stereocenters. The number of hydrogen-bond donors (Lipinski definition) is 0. The minimum atomic E-state index is 0.378. The molecule has 0 aliphatic carbocycles. The van der Waals surface area contributed by atoms with Crippen molar-refractivity contribution < 1.29 is 4.74 Å². The third kappa shape index (κ3) is 5.49. The minimum Gasteiger partial charge on any atom is -0.488 e. The number of ether oxygens (including phenoxy) is 1. The number of para-hydroxylation sites is 1. The van der Waals surface area contributed by atoms with Gasteiger partial charge in [0, 0.05) is 41.6 Å². The molecule has 0 atom stereocenters. The maximum absolute atomic E-state index is 6.05. The van der Waals surface area contributed by atoms with Gasteiger partial charge in [-0.3, -0.25) is 4.99 Å². The van der Waals surface area contributed by atoms with Gasteiger partial charge in [0.25, 0.3) is 0 Å². The molecule has 3 rings (SSSR count). The maximum Gasteiger partial charge on any atom is 0.128 e. The van der Waals surface area contributed by atoms with Crippen molar-refractivity contribution in [3.63, 3.8) is 0 Å². The topological polar surface area (TPSA) is 24.8 Å². The van der Waals surface area contributed by atoms with E-state index in [-0.39, 0.29) is 0 Å². The number of halogens is 2. The molecule has 5 heteroatoms. The molecule has 0 fully saturated rings. The van der Waals surface area contributed by atoms with Crippen molar-refractivity contribution in [1.29, 1.82) is 0 Å². The molecule has 0 bridgehead atoms. The van der Waals surface area contributed by atoms with Gasteiger partial charge in [0.1, 0.15) is 12.4 Å². The summed E-state index contributed by atoms with van der Waals surface area (Å²) in [5.74, 6) is 0.752. The molecule has 0 radical (unpaired) electrons. The van der Waals surface area contributed by atoms with E-state index in [0.29, 0.717) is 16.7 Å². The highest BCUT2D eigenvalue weighted by Crippen LogP contribution is 2.23. The smallest absolute Gasteiger partial charge is 0.128 e. The van der Waals surface area contributed by atoms with Crippen LogP contribution in [-0.4, -0.2) is 20.3 Å². The fourth-order valence-corrected chi connectivity index (χ4v) is 3.13. The minimum absolute atomic E-state index is 0.378. The highest BCUT2D eigenvalue weighted by Gasteiger charge is 2.04. The summed E-state index contributed by atoms with van der Waals surface area (Å²) in [7, 11) is 4.03. The Morgan fingerprint density at radius 1 is 0.926 bits per heavy atom. The molecule has 0 saturated carbocycles. The van der Waals surface area contributed by atoms with Crippen molar-refractivity contribution in [2.75, 3.05) is 19.0 Å². The summed E-state index contributed by atoms with van der Waals surface area (Å²) in [6, 6.07) is 21.2. The Kier molecular flexibility index (Phi) is 6.38. The van der Waals surface area contributed by atoms with Crippen LogP contribution in [-0.2, 0) is 6.61 Å². The van der Waals surface area contributed by atoms with Crippen LogP contribution >= 0.6 is 23.2 Å². The number of hydrogen-bond acceptors (Lipinski definition) is 3. The molecule has 3 aromatic carbocycles. The monoisotopic (exact) mass is 398 g/mol. The molecule has 138 valence electrons. The van der Waals surface area contributed by atoms with Crippen molar-refractivity contribution in [2.45, 2.75) is 6.61 Å². The third-order valence-corrected chi connectivity index (χ3v) is 4.39. The first kappa shape index (κ1) is 19.3. The zero-order chi connectivity index (χ0) is 19.2. The van der Waals surface area contributed by atoms with E-state index in [0.717, 1.165) is 28.3 Å². The highest BCUT2D eigenvalue weighted by atomic mass is 35.5. The van der Waals surface area contributed by atoms with Gasteiger partial charge in [0.15, 0.2) is 0 Å². The molecule has 0 aromatic heterocycles. The van der Waals surface area contributed by atoms with Crippen LogP contribution in [0.1, 0.15) is 11.1 Å². The van der Waals surface area contributed by atoms with E-state index in [9.17, 15) is 0 Å². The molecule has 0 aliphatic rings. The average Bonchev–Trinajstić information content (AvgIpc) is 2.65. The lowest BCUT2D eigenvalue weighted by molar-refractivity contribution is 0.306. The Bertz CT molecular complexity index is 917. The molecule has 0 spiro atoms. The Balaban J connectivity index is 1.73. The number of anilines is 1. The van der Waals surface area contributed by atoms with Crippen molar-refractivity contribution in [3.8, 4) is 5.75 Å². The fraction of sp³-hybridized carbons (Fsp3) is 0.136. The fourth-order valence-electron chi connectivity index (χ4n) is 2.55. The van der Waals surface area contributed by atoms with Crippen LogP contribution in [0.3, 0.4) is 0 Å².